The number of nitrogens with one attached hydrogen (secondary N) is 1. The van der Waals surface area contributed by atoms with Crippen LogP contribution in [0.5, 0.6) is 5.75 Å². The molecule has 0 fully saturated rings. The minimum absolute atomic E-state index is 0.0768. The standard InChI is InChI=1S/C10H13FN2O4S/c11-7-2-3-8(9(14)6-7)10(15)13-4-1-5-18(12,16)17/h2-3,6,14H,1,4-5H2,(H,13,15)(H2,12,16,17). The molecule has 100 valence electrons. The highest BCUT2D eigenvalue weighted by Crippen LogP contribution is 2.17. The third-order valence-electron chi connectivity index (χ3n) is 2.10. The predicted molar refractivity (Wildman–Crippen MR) is 63.0 cm³/mol. The number of phenolic OH excluding ortho intramolecular Hbond substituents is 1. The van der Waals surface area contributed by atoms with Gasteiger partial charge in [-0.15, -0.1) is 0 Å². The van der Waals surface area contributed by atoms with E-state index < -0.39 is 27.5 Å². The topological polar surface area (TPSA) is 109 Å². The van der Waals surface area contributed by atoms with Crippen molar-refractivity contribution in [3.8, 4) is 5.75 Å². The lowest BCUT2D eigenvalue weighted by Crippen LogP contribution is -2.27. The molecule has 0 aromatic heterocycles. The van der Waals surface area contributed by atoms with E-state index in [0.29, 0.717) is 0 Å². The number of benzene rings is 1. The number of carbonyl (C=O) groups excluding carboxylic acids is 1. The second-order valence-electron chi connectivity index (χ2n) is 3.64. The predicted octanol–water partition coefficient (Wildman–Crippen LogP) is -0.0603. The van der Waals surface area contributed by atoms with Gasteiger partial charge in [0, 0.05) is 12.6 Å². The summed E-state index contributed by atoms with van der Waals surface area (Å²) in [5.74, 6) is -1.98. The summed E-state index contributed by atoms with van der Waals surface area (Å²) >= 11 is 0. The molecule has 0 aliphatic heterocycles. The van der Waals surface area contributed by atoms with E-state index in [1.807, 2.05) is 0 Å². The average molecular weight is 276 g/mol. The summed E-state index contributed by atoms with van der Waals surface area (Å²) in [4.78, 5) is 11.5. The van der Waals surface area contributed by atoms with Crippen molar-refractivity contribution in [1.29, 1.82) is 0 Å². The van der Waals surface area contributed by atoms with Gasteiger partial charge in [-0.2, -0.15) is 0 Å². The Morgan fingerprint density at radius 2 is 2.11 bits per heavy atom. The van der Waals surface area contributed by atoms with Crippen LogP contribution in [0.25, 0.3) is 0 Å². The lowest BCUT2D eigenvalue weighted by Gasteiger charge is -2.06. The Hall–Kier alpha value is -1.67. The number of nitrogens with two attached hydrogens (primary N) is 1. The van der Waals surface area contributed by atoms with Crippen LogP contribution in [-0.4, -0.2) is 31.7 Å². The molecule has 18 heavy (non-hydrogen) atoms. The van der Waals surface area contributed by atoms with Crippen molar-refractivity contribution in [1.82, 2.24) is 5.32 Å². The van der Waals surface area contributed by atoms with Crippen LogP contribution in [0.15, 0.2) is 18.2 Å². The van der Waals surface area contributed by atoms with Gasteiger partial charge in [0.1, 0.15) is 11.6 Å². The van der Waals surface area contributed by atoms with Crippen molar-refractivity contribution in [2.75, 3.05) is 12.3 Å². The van der Waals surface area contributed by atoms with Gasteiger partial charge in [0.2, 0.25) is 10.0 Å². The Bertz CT molecular complexity index is 545. The number of sulfonamides is 1. The van der Waals surface area contributed by atoms with Gasteiger partial charge in [-0.1, -0.05) is 0 Å². The first-order valence-corrected chi connectivity index (χ1v) is 6.78. The van der Waals surface area contributed by atoms with Crippen LogP contribution in [0.3, 0.4) is 0 Å². The monoisotopic (exact) mass is 276 g/mol. The van der Waals surface area contributed by atoms with Crippen molar-refractivity contribution in [2.24, 2.45) is 5.14 Å². The van der Waals surface area contributed by atoms with E-state index in [1.165, 1.54) is 0 Å². The van der Waals surface area contributed by atoms with Gasteiger partial charge >= 0.3 is 0 Å². The van der Waals surface area contributed by atoms with Gasteiger partial charge in [0.05, 0.1) is 11.3 Å². The number of hydrogen-bond donors (Lipinski definition) is 3. The molecule has 0 saturated carbocycles. The first kappa shape index (κ1) is 14.4. The fourth-order valence-electron chi connectivity index (χ4n) is 1.27. The van der Waals surface area contributed by atoms with E-state index in [0.717, 1.165) is 18.2 Å². The normalized spacial score (nSPS) is 11.2. The van der Waals surface area contributed by atoms with Crippen molar-refractivity contribution in [3.05, 3.63) is 29.6 Å². The molecule has 4 N–H and O–H groups in total. The summed E-state index contributed by atoms with van der Waals surface area (Å²) in [5.41, 5.74) is -0.0768. The van der Waals surface area contributed by atoms with Gasteiger partial charge in [-0.3, -0.25) is 4.79 Å². The first-order valence-electron chi connectivity index (χ1n) is 5.07. The van der Waals surface area contributed by atoms with Gasteiger partial charge in [0.15, 0.2) is 0 Å². The van der Waals surface area contributed by atoms with Crippen LogP contribution >= 0.6 is 0 Å². The summed E-state index contributed by atoms with van der Waals surface area (Å²) in [6, 6.07) is 3.00. The van der Waals surface area contributed by atoms with Crippen molar-refractivity contribution in [2.45, 2.75) is 6.42 Å². The molecule has 8 heteroatoms. The van der Waals surface area contributed by atoms with E-state index in [9.17, 15) is 22.7 Å². The van der Waals surface area contributed by atoms with Crippen LogP contribution in [-0.2, 0) is 10.0 Å². The smallest absolute Gasteiger partial charge is 0.255 e. The van der Waals surface area contributed by atoms with Crippen LogP contribution in [0.2, 0.25) is 0 Å². The number of phenols is 1. The minimum atomic E-state index is -3.55. The Morgan fingerprint density at radius 1 is 1.44 bits per heavy atom. The second-order valence-corrected chi connectivity index (χ2v) is 5.37. The van der Waals surface area contributed by atoms with Gasteiger partial charge in [0.25, 0.3) is 5.91 Å². The van der Waals surface area contributed by atoms with Crippen molar-refractivity contribution >= 4 is 15.9 Å². The summed E-state index contributed by atoms with van der Waals surface area (Å²) in [6.45, 7) is 0.0894. The highest BCUT2D eigenvalue weighted by atomic mass is 32.2. The number of primary sulfonamides is 1. The maximum absolute atomic E-state index is 12.7. The molecule has 0 unspecified atom stereocenters. The molecule has 0 radical (unpaired) electrons. The maximum atomic E-state index is 12.7. The van der Waals surface area contributed by atoms with Crippen molar-refractivity contribution in [3.63, 3.8) is 0 Å². The first-order chi connectivity index (χ1) is 8.29. The van der Waals surface area contributed by atoms with E-state index in [1.54, 1.807) is 0 Å². The van der Waals surface area contributed by atoms with Crippen LogP contribution in [0.4, 0.5) is 4.39 Å². The molecule has 0 saturated heterocycles. The molecule has 0 aliphatic carbocycles. The molecule has 1 aromatic carbocycles. The lowest BCUT2D eigenvalue weighted by molar-refractivity contribution is 0.0951. The van der Waals surface area contributed by atoms with Crippen LogP contribution in [0, 0.1) is 5.82 Å². The molecule has 0 spiro atoms. The number of amides is 1. The van der Waals surface area contributed by atoms with E-state index in [2.05, 4.69) is 5.32 Å². The Morgan fingerprint density at radius 3 is 2.67 bits per heavy atom. The molecule has 0 bridgehead atoms. The zero-order chi connectivity index (χ0) is 13.8. The molecule has 6 nitrogen and oxygen atoms in total. The van der Waals surface area contributed by atoms with Crippen LogP contribution in [0.1, 0.15) is 16.8 Å². The summed E-state index contributed by atoms with van der Waals surface area (Å²) in [7, 11) is -3.55. The SMILES string of the molecule is NS(=O)(=O)CCCNC(=O)c1ccc(F)cc1O. The Kier molecular flexibility index (Phi) is 4.62. The van der Waals surface area contributed by atoms with Crippen molar-refractivity contribution < 1.29 is 22.7 Å². The number of halogens is 1. The number of carbonyl (C=O) groups is 1. The minimum Gasteiger partial charge on any atom is -0.507 e. The summed E-state index contributed by atoms with van der Waals surface area (Å²) < 4.78 is 33.9. The molecule has 1 amide bonds. The number of hydrogen-bond acceptors (Lipinski definition) is 4. The second kappa shape index (κ2) is 5.78. The fourth-order valence-corrected chi connectivity index (χ4v) is 1.81. The third kappa shape index (κ3) is 4.68. The highest BCUT2D eigenvalue weighted by molar-refractivity contribution is 7.89. The van der Waals surface area contributed by atoms with Crippen LogP contribution < -0.4 is 10.5 Å². The quantitative estimate of drug-likeness (QED) is 0.654. The highest BCUT2D eigenvalue weighted by Gasteiger charge is 2.11. The van der Waals surface area contributed by atoms with Gasteiger partial charge < -0.3 is 10.4 Å². The molecule has 1 rings (SSSR count). The Balaban J connectivity index is 2.51. The maximum Gasteiger partial charge on any atom is 0.255 e. The van der Waals surface area contributed by atoms with E-state index in [4.69, 9.17) is 5.14 Å². The number of aromatic hydroxyl groups is 1. The van der Waals surface area contributed by atoms with Gasteiger partial charge in [-0.05, 0) is 18.6 Å². The summed E-state index contributed by atoms with van der Waals surface area (Å²) in [6.07, 6.45) is 0.159. The summed E-state index contributed by atoms with van der Waals surface area (Å²) in [5, 5.41) is 16.5. The largest absolute Gasteiger partial charge is 0.507 e. The molecular weight excluding hydrogens is 263 g/mol. The molecule has 0 heterocycles. The zero-order valence-electron chi connectivity index (χ0n) is 9.39. The Labute approximate surface area is 104 Å². The molecule has 0 aliphatic rings. The average Bonchev–Trinajstić information content (AvgIpc) is 2.22. The molecular formula is C10H13FN2O4S. The van der Waals surface area contributed by atoms with Gasteiger partial charge in [-0.25, -0.2) is 17.9 Å². The van der Waals surface area contributed by atoms with E-state index >= 15 is 0 Å². The lowest BCUT2D eigenvalue weighted by atomic mass is 10.2. The fraction of sp³-hybridized carbons (Fsp3) is 0.300. The molecule has 1 aromatic rings. The van der Waals surface area contributed by atoms with E-state index in [-0.39, 0.29) is 24.3 Å². The number of rotatable bonds is 5. The molecule has 0 atom stereocenters. The zero-order valence-corrected chi connectivity index (χ0v) is 10.2. The third-order valence-corrected chi connectivity index (χ3v) is 2.95.